The number of nitrogens with one attached hydrogen (secondary N) is 3. The zero-order chi connectivity index (χ0) is 23.8. The Morgan fingerprint density at radius 2 is 1.85 bits per heavy atom. The molecule has 0 fully saturated rings. The van der Waals surface area contributed by atoms with E-state index in [0.29, 0.717) is 24.4 Å². The second-order valence-electron chi connectivity index (χ2n) is 7.60. The summed E-state index contributed by atoms with van der Waals surface area (Å²) in [6.07, 6.45) is 4.08. The van der Waals surface area contributed by atoms with Gasteiger partial charge in [0, 0.05) is 24.7 Å². The second-order valence-corrected chi connectivity index (χ2v) is 7.60. The summed E-state index contributed by atoms with van der Waals surface area (Å²) in [5.74, 6) is -0.680. The Bertz CT molecular complexity index is 1040. The molecule has 9 heteroatoms. The molecule has 0 saturated carbocycles. The van der Waals surface area contributed by atoms with Crippen molar-refractivity contribution in [3.63, 3.8) is 0 Å². The van der Waals surface area contributed by atoms with E-state index in [2.05, 4.69) is 10.6 Å². The maximum absolute atomic E-state index is 12.6. The lowest BCUT2D eigenvalue weighted by molar-refractivity contribution is -0.144. The van der Waals surface area contributed by atoms with Crippen LogP contribution in [0.25, 0.3) is 6.08 Å². The molecule has 0 aromatic heterocycles. The number of nitrogens with two attached hydrogens (primary N) is 1. The minimum Gasteiger partial charge on any atom is -0.508 e. The number of guanidine groups is 1. The lowest BCUT2D eigenvalue weighted by Gasteiger charge is -2.17. The first-order chi connectivity index (χ1) is 15.9. The van der Waals surface area contributed by atoms with Crippen LogP contribution in [0.15, 0.2) is 48.5 Å². The molecule has 0 saturated heterocycles. The number of esters is 1. The molecule has 2 unspecified atom stereocenters. The van der Waals surface area contributed by atoms with Crippen LogP contribution in [0.4, 0.5) is 0 Å². The molecule has 1 amide bonds. The molecule has 6 N–H and O–H groups in total. The number of benzene rings is 2. The van der Waals surface area contributed by atoms with Gasteiger partial charge >= 0.3 is 5.97 Å². The number of carbonyl (C=O) groups is 2. The van der Waals surface area contributed by atoms with Crippen LogP contribution in [-0.4, -0.2) is 43.1 Å². The maximum Gasteiger partial charge on any atom is 0.317 e. The summed E-state index contributed by atoms with van der Waals surface area (Å²) in [7, 11) is 1.33. The van der Waals surface area contributed by atoms with Crippen LogP contribution in [0.2, 0.25) is 0 Å². The van der Waals surface area contributed by atoms with E-state index in [1.165, 1.54) is 13.2 Å². The molecule has 0 bridgehead atoms. The van der Waals surface area contributed by atoms with E-state index in [1.807, 2.05) is 12.1 Å². The number of hydrogen-bond acceptors (Lipinski definition) is 6. The van der Waals surface area contributed by atoms with Gasteiger partial charge in [-0.15, -0.1) is 0 Å². The van der Waals surface area contributed by atoms with Gasteiger partial charge in [-0.05, 0) is 54.3 Å². The molecule has 9 nitrogen and oxygen atoms in total. The summed E-state index contributed by atoms with van der Waals surface area (Å²) < 4.78 is 11.1. The highest BCUT2D eigenvalue weighted by atomic mass is 16.5. The van der Waals surface area contributed by atoms with E-state index in [-0.39, 0.29) is 17.6 Å². The Morgan fingerprint density at radius 1 is 1.15 bits per heavy atom. The molecule has 174 valence electrons. The van der Waals surface area contributed by atoms with Gasteiger partial charge in [0.25, 0.3) is 0 Å². The number of carbonyl (C=O) groups excluding carboxylic acids is 2. The van der Waals surface area contributed by atoms with Crippen molar-refractivity contribution in [2.75, 3.05) is 20.2 Å². The molecule has 0 radical (unpaired) electrons. The Labute approximate surface area is 192 Å². The quantitative estimate of drug-likeness (QED) is 0.129. The fourth-order valence-electron chi connectivity index (χ4n) is 3.61. The molecule has 2 aromatic carbocycles. The molecule has 1 aliphatic rings. The number of methoxy groups -OCH3 is 1. The van der Waals surface area contributed by atoms with Gasteiger partial charge in [0.1, 0.15) is 23.5 Å². The highest BCUT2D eigenvalue weighted by Crippen LogP contribution is 2.47. The fourth-order valence-corrected chi connectivity index (χ4v) is 3.61. The zero-order valence-electron chi connectivity index (χ0n) is 18.3. The molecular weight excluding hydrogens is 424 g/mol. The number of fused-ring (bicyclic) bond motifs is 1. The lowest BCUT2D eigenvalue weighted by Crippen LogP contribution is -2.31. The first-order valence-corrected chi connectivity index (χ1v) is 10.6. The van der Waals surface area contributed by atoms with Crippen LogP contribution >= 0.6 is 0 Å². The van der Waals surface area contributed by atoms with Crippen molar-refractivity contribution in [2.45, 2.75) is 24.9 Å². The van der Waals surface area contributed by atoms with Gasteiger partial charge in [0.05, 0.1) is 7.11 Å². The maximum atomic E-state index is 12.6. The smallest absolute Gasteiger partial charge is 0.317 e. The van der Waals surface area contributed by atoms with Crippen molar-refractivity contribution >= 4 is 23.9 Å². The predicted molar refractivity (Wildman–Crippen MR) is 124 cm³/mol. The van der Waals surface area contributed by atoms with E-state index < -0.39 is 18.0 Å². The first-order valence-electron chi connectivity index (χ1n) is 10.6. The highest BCUT2D eigenvalue weighted by Gasteiger charge is 2.41. The Balaban J connectivity index is 1.65. The van der Waals surface area contributed by atoms with Gasteiger partial charge in [-0.25, -0.2) is 0 Å². The summed E-state index contributed by atoms with van der Waals surface area (Å²) in [6.45, 7) is 1.10. The van der Waals surface area contributed by atoms with Crippen molar-refractivity contribution in [3.8, 4) is 11.5 Å². The van der Waals surface area contributed by atoms with Gasteiger partial charge in [-0.3, -0.25) is 15.0 Å². The van der Waals surface area contributed by atoms with Gasteiger partial charge in [-0.1, -0.05) is 18.2 Å². The first kappa shape index (κ1) is 23.6. The van der Waals surface area contributed by atoms with Crippen molar-refractivity contribution in [1.29, 1.82) is 5.41 Å². The summed E-state index contributed by atoms with van der Waals surface area (Å²) >= 11 is 0. The van der Waals surface area contributed by atoms with Crippen LogP contribution in [0, 0.1) is 5.41 Å². The van der Waals surface area contributed by atoms with Crippen LogP contribution in [-0.2, 0) is 14.3 Å². The third-order valence-corrected chi connectivity index (χ3v) is 5.25. The minimum absolute atomic E-state index is 0.0643. The second kappa shape index (κ2) is 11.0. The molecule has 0 aliphatic carbocycles. The van der Waals surface area contributed by atoms with Crippen molar-refractivity contribution in [3.05, 3.63) is 65.2 Å². The normalized spacial score (nSPS) is 16.6. The summed E-state index contributed by atoms with van der Waals surface area (Å²) in [5, 5.41) is 22.2. The number of ether oxygens (including phenoxy) is 2. The van der Waals surface area contributed by atoms with E-state index in [0.717, 1.165) is 24.0 Å². The van der Waals surface area contributed by atoms with Crippen molar-refractivity contribution in [2.24, 2.45) is 5.73 Å². The predicted octanol–water partition coefficient (Wildman–Crippen LogP) is 2.18. The monoisotopic (exact) mass is 452 g/mol. The SMILES string of the molecule is COC(=O)C1c2cc(/C=C/C(=O)NCCCCNC(=N)N)ccc2OC1c1ccc(O)cc1. The Hall–Kier alpha value is -4.01. The average Bonchev–Trinajstić information content (AvgIpc) is 3.18. The van der Waals surface area contributed by atoms with Gasteiger partial charge in [0.2, 0.25) is 5.91 Å². The third kappa shape index (κ3) is 6.25. The van der Waals surface area contributed by atoms with Crippen LogP contribution in [0.5, 0.6) is 11.5 Å². The number of amides is 1. The molecule has 0 spiro atoms. The van der Waals surface area contributed by atoms with Crippen molar-refractivity contribution in [1.82, 2.24) is 10.6 Å². The van der Waals surface area contributed by atoms with Crippen LogP contribution in [0.3, 0.4) is 0 Å². The third-order valence-electron chi connectivity index (χ3n) is 5.25. The topological polar surface area (TPSA) is 147 Å². The largest absolute Gasteiger partial charge is 0.508 e. The molecule has 3 rings (SSSR count). The van der Waals surface area contributed by atoms with Gasteiger partial charge in [-0.2, -0.15) is 0 Å². The molecule has 33 heavy (non-hydrogen) atoms. The van der Waals surface area contributed by atoms with E-state index >= 15 is 0 Å². The summed E-state index contributed by atoms with van der Waals surface area (Å²) in [6, 6.07) is 11.9. The molecular formula is C24H28N4O5. The number of hydrogen-bond donors (Lipinski definition) is 5. The highest BCUT2D eigenvalue weighted by molar-refractivity contribution is 5.92. The molecule has 2 atom stereocenters. The Kier molecular flexibility index (Phi) is 7.91. The minimum atomic E-state index is -0.666. The molecule has 1 heterocycles. The average molecular weight is 453 g/mol. The summed E-state index contributed by atoms with van der Waals surface area (Å²) in [5.41, 5.74) is 7.38. The van der Waals surface area contributed by atoms with Gasteiger partial charge in [0.15, 0.2) is 5.96 Å². The summed E-state index contributed by atoms with van der Waals surface area (Å²) in [4.78, 5) is 24.7. The van der Waals surface area contributed by atoms with E-state index in [9.17, 15) is 14.7 Å². The lowest BCUT2D eigenvalue weighted by atomic mass is 9.90. The molecule has 2 aromatic rings. The zero-order valence-corrected chi connectivity index (χ0v) is 18.3. The van der Waals surface area contributed by atoms with Gasteiger partial charge < -0.3 is 30.9 Å². The Morgan fingerprint density at radius 3 is 2.52 bits per heavy atom. The number of phenolic OH excluding ortho intramolecular Hbond substituents is 1. The van der Waals surface area contributed by atoms with Crippen molar-refractivity contribution < 1.29 is 24.2 Å². The number of rotatable bonds is 9. The number of phenols is 1. The van der Waals surface area contributed by atoms with E-state index in [1.54, 1.807) is 36.4 Å². The van der Waals surface area contributed by atoms with Crippen LogP contribution < -0.4 is 21.1 Å². The van der Waals surface area contributed by atoms with Crippen LogP contribution in [0.1, 0.15) is 41.6 Å². The molecule has 1 aliphatic heterocycles. The number of unbranched alkanes of at least 4 members (excludes halogenated alkanes) is 1. The fraction of sp³-hybridized carbons (Fsp3) is 0.292. The number of aromatic hydroxyl groups is 1. The standard InChI is InChI=1S/C24H28N4O5/c1-32-23(31)21-18-14-15(5-11-20(30)27-12-2-3-13-28-24(25)26)4-10-19(18)33-22(21)16-6-8-17(29)9-7-16/h4-11,14,21-22,29H,2-3,12-13H2,1H3,(H,27,30)(H4,25,26,28)/b11-5+. The van der Waals surface area contributed by atoms with E-state index in [4.69, 9.17) is 20.6 Å².